The number of carbonyl (C=O) groups excluding carboxylic acids is 1. The third kappa shape index (κ3) is 2.24. The molecule has 1 heterocycles. The van der Waals surface area contributed by atoms with Crippen LogP contribution in [-0.4, -0.2) is 22.8 Å². The summed E-state index contributed by atoms with van der Waals surface area (Å²) >= 11 is 0. The van der Waals surface area contributed by atoms with E-state index < -0.39 is 0 Å². The van der Waals surface area contributed by atoms with E-state index in [-0.39, 0.29) is 12.1 Å². The van der Waals surface area contributed by atoms with Crippen LogP contribution in [0.2, 0.25) is 0 Å². The Morgan fingerprint density at radius 2 is 1.58 bits per heavy atom. The Morgan fingerprint density at radius 3 is 2.21 bits per heavy atom. The molecule has 3 aliphatic rings. The quantitative estimate of drug-likeness (QED) is 0.612. The van der Waals surface area contributed by atoms with Gasteiger partial charge in [-0.05, 0) is 36.7 Å². The lowest BCUT2D eigenvalue weighted by Crippen LogP contribution is -2.29. The molecule has 2 bridgehead atoms. The minimum Gasteiger partial charge on any atom is -0.292 e. The standard InChI is InChI=1S/C22H23NO/c24-22(17-9-5-2-6-10-17)21-20(16-7-3-1-4-8-16)23(21)19-14-15-11-12-18(19)13-15/h1-10,15,18-21H,11-14H2. The largest absolute Gasteiger partial charge is 0.292 e. The van der Waals surface area contributed by atoms with E-state index in [1.165, 1.54) is 31.2 Å². The summed E-state index contributed by atoms with van der Waals surface area (Å²) in [4.78, 5) is 15.7. The van der Waals surface area contributed by atoms with Gasteiger partial charge >= 0.3 is 0 Å². The molecule has 2 aromatic rings. The fourth-order valence-corrected chi connectivity index (χ4v) is 5.29. The molecular weight excluding hydrogens is 294 g/mol. The predicted octanol–water partition coefficient (Wildman–Crippen LogP) is 4.48. The number of fused-ring (bicyclic) bond motifs is 2. The summed E-state index contributed by atoms with van der Waals surface area (Å²) in [5.41, 5.74) is 2.16. The molecule has 5 rings (SSSR count). The van der Waals surface area contributed by atoms with Crippen LogP contribution in [0.25, 0.3) is 0 Å². The van der Waals surface area contributed by atoms with Crippen molar-refractivity contribution >= 4 is 5.78 Å². The summed E-state index contributed by atoms with van der Waals surface area (Å²) in [5.74, 6) is 2.02. The zero-order valence-electron chi connectivity index (χ0n) is 13.8. The van der Waals surface area contributed by atoms with Gasteiger partial charge in [-0.3, -0.25) is 9.69 Å². The Balaban J connectivity index is 1.46. The van der Waals surface area contributed by atoms with Crippen LogP contribution in [0.3, 0.4) is 0 Å². The van der Waals surface area contributed by atoms with Gasteiger partial charge in [-0.25, -0.2) is 0 Å². The first-order chi connectivity index (χ1) is 11.8. The number of benzene rings is 2. The number of Topliss-reactive ketones (excluding diaryl/α,β-unsaturated/α-hetero) is 1. The summed E-state index contributed by atoms with van der Waals surface area (Å²) in [7, 11) is 0. The molecule has 24 heavy (non-hydrogen) atoms. The minimum atomic E-state index is 0.0409. The van der Waals surface area contributed by atoms with Crippen LogP contribution < -0.4 is 0 Å². The van der Waals surface area contributed by atoms with Crippen LogP contribution in [0.15, 0.2) is 60.7 Å². The third-order valence-corrected chi connectivity index (χ3v) is 6.40. The second-order valence-electron chi connectivity index (χ2n) is 7.72. The Labute approximate surface area is 143 Å². The van der Waals surface area contributed by atoms with E-state index in [1.807, 2.05) is 30.3 Å². The van der Waals surface area contributed by atoms with Crippen molar-refractivity contribution in [2.24, 2.45) is 11.8 Å². The molecule has 0 amide bonds. The average Bonchev–Trinajstić information content (AvgIpc) is 3.00. The molecule has 2 saturated carbocycles. The lowest BCUT2D eigenvalue weighted by Gasteiger charge is -2.24. The molecule has 6 unspecified atom stereocenters. The van der Waals surface area contributed by atoms with Crippen LogP contribution in [0.1, 0.15) is 47.6 Å². The first kappa shape index (κ1) is 14.4. The Kier molecular flexibility index (Phi) is 3.34. The van der Waals surface area contributed by atoms with Crippen molar-refractivity contribution in [1.29, 1.82) is 0 Å². The lowest BCUT2D eigenvalue weighted by atomic mass is 9.95. The molecule has 2 aliphatic carbocycles. The Morgan fingerprint density at radius 1 is 0.875 bits per heavy atom. The molecule has 3 fully saturated rings. The van der Waals surface area contributed by atoms with Gasteiger partial charge in [0.1, 0.15) is 0 Å². The van der Waals surface area contributed by atoms with E-state index in [4.69, 9.17) is 0 Å². The molecule has 1 saturated heterocycles. The zero-order valence-corrected chi connectivity index (χ0v) is 13.8. The average molecular weight is 317 g/mol. The summed E-state index contributed by atoms with van der Waals surface area (Å²) in [6.07, 6.45) is 5.45. The SMILES string of the molecule is O=C(c1ccccc1)C1C(c2ccccc2)N1C1CC2CCC1C2. The smallest absolute Gasteiger partial charge is 0.181 e. The van der Waals surface area contributed by atoms with E-state index in [1.54, 1.807) is 0 Å². The molecule has 2 nitrogen and oxygen atoms in total. The maximum Gasteiger partial charge on any atom is 0.181 e. The first-order valence-corrected chi connectivity index (χ1v) is 9.24. The number of ketones is 1. The zero-order chi connectivity index (χ0) is 16.1. The number of hydrogen-bond donors (Lipinski definition) is 0. The van der Waals surface area contributed by atoms with Crippen LogP contribution in [0.4, 0.5) is 0 Å². The van der Waals surface area contributed by atoms with Gasteiger partial charge in [0.05, 0.1) is 12.1 Å². The lowest BCUT2D eigenvalue weighted by molar-refractivity contribution is 0.0960. The van der Waals surface area contributed by atoms with Gasteiger partial charge < -0.3 is 0 Å². The van der Waals surface area contributed by atoms with E-state index in [2.05, 4.69) is 35.2 Å². The Bertz CT molecular complexity index is 741. The fourth-order valence-electron chi connectivity index (χ4n) is 5.29. The monoisotopic (exact) mass is 317 g/mol. The highest BCUT2D eigenvalue weighted by atomic mass is 16.1. The van der Waals surface area contributed by atoms with E-state index in [9.17, 15) is 4.79 Å². The van der Waals surface area contributed by atoms with Crippen molar-refractivity contribution in [3.05, 3.63) is 71.8 Å². The van der Waals surface area contributed by atoms with Crippen molar-refractivity contribution < 1.29 is 4.79 Å². The first-order valence-electron chi connectivity index (χ1n) is 9.24. The molecule has 2 aromatic carbocycles. The molecule has 0 radical (unpaired) electrons. The maximum absolute atomic E-state index is 13.1. The van der Waals surface area contributed by atoms with Gasteiger partial charge in [-0.1, -0.05) is 67.1 Å². The normalized spacial score (nSPS) is 36.7. The highest BCUT2D eigenvalue weighted by molar-refractivity contribution is 6.02. The molecule has 0 spiro atoms. The predicted molar refractivity (Wildman–Crippen MR) is 94.8 cm³/mol. The van der Waals surface area contributed by atoms with E-state index in [0.717, 1.165) is 17.4 Å². The summed E-state index contributed by atoms with van der Waals surface area (Å²) in [5, 5.41) is 0. The van der Waals surface area contributed by atoms with E-state index >= 15 is 0 Å². The van der Waals surface area contributed by atoms with Crippen molar-refractivity contribution in [3.63, 3.8) is 0 Å². The number of carbonyl (C=O) groups is 1. The molecular formula is C22H23NO. The summed E-state index contributed by atoms with van der Waals surface area (Å²) < 4.78 is 0. The third-order valence-electron chi connectivity index (χ3n) is 6.40. The fraction of sp³-hybridized carbons (Fsp3) is 0.409. The van der Waals surface area contributed by atoms with Crippen LogP contribution in [-0.2, 0) is 0 Å². The van der Waals surface area contributed by atoms with Gasteiger partial charge in [0.2, 0.25) is 0 Å². The molecule has 0 aromatic heterocycles. The highest BCUT2D eigenvalue weighted by Gasteiger charge is 2.59. The summed E-state index contributed by atoms with van der Waals surface area (Å²) in [6, 6.07) is 21.4. The van der Waals surface area contributed by atoms with Crippen LogP contribution >= 0.6 is 0 Å². The Hall–Kier alpha value is -1.93. The number of nitrogens with zero attached hydrogens (tertiary/aromatic N) is 1. The second kappa shape index (κ2) is 5.56. The number of hydrogen-bond acceptors (Lipinski definition) is 2. The van der Waals surface area contributed by atoms with Gasteiger partial charge in [-0.15, -0.1) is 0 Å². The molecule has 1 aliphatic heterocycles. The van der Waals surface area contributed by atoms with Gasteiger partial charge in [-0.2, -0.15) is 0 Å². The van der Waals surface area contributed by atoms with E-state index in [0.29, 0.717) is 11.8 Å². The summed E-state index contributed by atoms with van der Waals surface area (Å²) in [6.45, 7) is 0. The van der Waals surface area contributed by atoms with Crippen LogP contribution in [0.5, 0.6) is 0 Å². The van der Waals surface area contributed by atoms with Crippen LogP contribution in [0, 0.1) is 11.8 Å². The molecule has 0 N–H and O–H groups in total. The van der Waals surface area contributed by atoms with Crippen molar-refractivity contribution in [2.75, 3.05) is 0 Å². The highest BCUT2D eigenvalue weighted by Crippen LogP contribution is 2.56. The van der Waals surface area contributed by atoms with Gasteiger partial charge in [0, 0.05) is 11.6 Å². The molecule has 6 atom stereocenters. The topological polar surface area (TPSA) is 20.1 Å². The molecule has 2 heteroatoms. The molecule has 122 valence electrons. The second-order valence-corrected chi connectivity index (χ2v) is 7.72. The van der Waals surface area contributed by atoms with Gasteiger partial charge in [0.15, 0.2) is 5.78 Å². The van der Waals surface area contributed by atoms with Crippen molar-refractivity contribution in [3.8, 4) is 0 Å². The number of rotatable bonds is 4. The van der Waals surface area contributed by atoms with Gasteiger partial charge in [0.25, 0.3) is 0 Å². The van der Waals surface area contributed by atoms with Crippen molar-refractivity contribution in [1.82, 2.24) is 4.90 Å². The minimum absolute atomic E-state index is 0.0409. The maximum atomic E-state index is 13.1. The van der Waals surface area contributed by atoms with Crippen molar-refractivity contribution in [2.45, 2.75) is 43.8 Å².